The first kappa shape index (κ1) is 7.07. The molecule has 2 atom stereocenters. The highest BCUT2D eigenvalue weighted by atomic mass is 16.6. The quantitative estimate of drug-likeness (QED) is 0.493. The SMILES string of the molecule is CCC1OC1C(C)(C)C. The Labute approximate surface area is 57.4 Å². The summed E-state index contributed by atoms with van der Waals surface area (Å²) in [6.45, 7) is 8.87. The number of ether oxygens (including phenoxy) is 1. The molecule has 0 aromatic rings. The molecule has 1 rings (SSSR count). The van der Waals surface area contributed by atoms with Gasteiger partial charge in [-0.05, 0) is 11.8 Å². The van der Waals surface area contributed by atoms with Crippen LogP contribution in [0.3, 0.4) is 0 Å². The molecule has 9 heavy (non-hydrogen) atoms. The molecule has 54 valence electrons. The van der Waals surface area contributed by atoms with Gasteiger partial charge in [-0.2, -0.15) is 0 Å². The number of hydrogen-bond donors (Lipinski definition) is 0. The van der Waals surface area contributed by atoms with Gasteiger partial charge in [0.1, 0.15) is 0 Å². The van der Waals surface area contributed by atoms with Crippen LogP contribution < -0.4 is 0 Å². The third-order valence-corrected chi connectivity index (χ3v) is 1.84. The van der Waals surface area contributed by atoms with Crippen molar-refractivity contribution >= 4 is 0 Å². The Hall–Kier alpha value is -0.0400. The van der Waals surface area contributed by atoms with E-state index in [9.17, 15) is 0 Å². The van der Waals surface area contributed by atoms with E-state index >= 15 is 0 Å². The lowest BCUT2D eigenvalue weighted by molar-refractivity contribution is 0.260. The Morgan fingerprint density at radius 3 is 2.00 bits per heavy atom. The molecule has 0 aliphatic carbocycles. The molecule has 1 aliphatic heterocycles. The molecule has 0 radical (unpaired) electrons. The van der Waals surface area contributed by atoms with Crippen molar-refractivity contribution < 1.29 is 4.74 Å². The minimum absolute atomic E-state index is 0.362. The molecule has 1 saturated heterocycles. The Morgan fingerprint density at radius 1 is 1.33 bits per heavy atom. The number of epoxide rings is 1. The Bertz CT molecular complexity index is 102. The highest BCUT2D eigenvalue weighted by molar-refractivity contribution is 4.92. The summed E-state index contributed by atoms with van der Waals surface area (Å²) in [5, 5.41) is 0. The zero-order valence-corrected chi connectivity index (χ0v) is 6.77. The van der Waals surface area contributed by atoms with Crippen molar-refractivity contribution in [1.29, 1.82) is 0 Å². The summed E-state index contributed by atoms with van der Waals surface area (Å²) >= 11 is 0. The number of rotatable bonds is 1. The Kier molecular flexibility index (Phi) is 1.55. The van der Waals surface area contributed by atoms with Crippen LogP contribution in [-0.2, 0) is 4.74 Å². The number of hydrogen-bond acceptors (Lipinski definition) is 1. The minimum atomic E-state index is 0.362. The fourth-order valence-electron chi connectivity index (χ4n) is 1.22. The second-order valence-corrected chi connectivity index (χ2v) is 3.87. The lowest BCUT2D eigenvalue weighted by Gasteiger charge is -2.13. The average Bonchev–Trinajstić information content (AvgIpc) is 2.39. The van der Waals surface area contributed by atoms with E-state index in [0.717, 1.165) is 0 Å². The van der Waals surface area contributed by atoms with Crippen LogP contribution in [0.5, 0.6) is 0 Å². The van der Waals surface area contributed by atoms with Gasteiger partial charge in [-0.3, -0.25) is 0 Å². The van der Waals surface area contributed by atoms with Crippen LogP contribution >= 0.6 is 0 Å². The van der Waals surface area contributed by atoms with E-state index in [2.05, 4.69) is 27.7 Å². The second kappa shape index (κ2) is 1.98. The Balaban J connectivity index is 2.33. The van der Waals surface area contributed by atoms with Crippen molar-refractivity contribution in [2.45, 2.75) is 46.3 Å². The van der Waals surface area contributed by atoms with Gasteiger partial charge < -0.3 is 4.74 Å². The summed E-state index contributed by atoms with van der Waals surface area (Å²) in [6.07, 6.45) is 2.26. The Morgan fingerprint density at radius 2 is 1.89 bits per heavy atom. The molecule has 1 heteroatoms. The second-order valence-electron chi connectivity index (χ2n) is 3.87. The summed E-state index contributed by atoms with van der Waals surface area (Å²) in [5.74, 6) is 0. The van der Waals surface area contributed by atoms with Gasteiger partial charge in [-0.15, -0.1) is 0 Å². The van der Waals surface area contributed by atoms with Crippen LogP contribution in [0.25, 0.3) is 0 Å². The molecule has 0 N–H and O–H groups in total. The maximum Gasteiger partial charge on any atom is 0.0889 e. The third kappa shape index (κ3) is 1.45. The van der Waals surface area contributed by atoms with E-state index in [0.29, 0.717) is 17.6 Å². The van der Waals surface area contributed by atoms with Crippen LogP contribution in [0.2, 0.25) is 0 Å². The normalized spacial score (nSPS) is 34.7. The molecular weight excluding hydrogens is 112 g/mol. The maximum absolute atomic E-state index is 5.43. The van der Waals surface area contributed by atoms with E-state index in [4.69, 9.17) is 4.74 Å². The summed E-state index contributed by atoms with van der Waals surface area (Å²) in [5.41, 5.74) is 0.362. The highest BCUT2D eigenvalue weighted by Gasteiger charge is 2.45. The standard InChI is InChI=1S/C8H16O/c1-5-6-7(9-6)8(2,3)4/h6-7H,5H2,1-4H3. The molecular formula is C8H16O. The molecule has 0 aromatic heterocycles. The zero-order chi connectivity index (χ0) is 7.07. The molecule has 1 fully saturated rings. The lowest BCUT2D eigenvalue weighted by Crippen LogP contribution is -2.15. The summed E-state index contributed by atoms with van der Waals surface area (Å²) in [6, 6.07) is 0. The van der Waals surface area contributed by atoms with Gasteiger partial charge in [0, 0.05) is 0 Å². The first-order valence-electron chi connectivity index (χ1n) is 3.71. The largest absolute Gasteiger partial charge is 0.369 e. The maximum atomic E-state index is 5.43. The fourth-order valence-corrected chi connectivity index (χ4v) is 1.22. The molecule has 1 nitrogen and oxygen atoms in total. The summed E-state index contributed by atoms with van der Waals surface area (Å²) in [7, 11) is 0. The molecule has 1 heterocycles. The van der Waals surface area contributed by atoms with Crippen LogP contribution in [0, 0.1) is 5.41 Å². The van der Waals surface area contributed by atoms with Gasteiger partial charge in [0.2, 0.25) is 0 Å². The van der Waals surface area contributed by atoms with Gasteiger partial charge in [0.25, 0.3) is 0 Å². The van der Waals surface area contributed by atoms with Gasteiger partial charge in [0.15, 0.2) is 0 Å². The van der Waals surface area contributed by atoms with E-state index in [1.165, 1.54) is 6.42 Å². The smallest absolute Gasteiger partial charge is 0.0889 e. The first-order valence-corrected chi connectivity index (χ1v) is 3.71. The monoisotopic (exact) mass is 128 g/mol. The van der Waals surface area contributed by atoms with Gasteiger partial charge in [-0.25, -0.2) is 0 Å². The van der Waals surface area contributed by atoms with Crippen molar-refractivity contribution in [3.05, 3.63) is 0 Å². The van der Waals surface area contributed by atoms with Crippen LogP contribution in [0.4, 0.5) is 0 Å². The van der Waals surface area contributed by atoms with Crippen LogP contribution in [0.1, 0.15) is 34.1 Å². The van der Waals surface area contributed by atoms with Crippen molar-refractivity contribution in [3.63, 3.8) is 0 Å². The van der Waals surface area contributed by atoms with Crippen molar-refractivity contribution in [2.24, 2.45) is 5.41 Å². The summed E-state index contributed by atoms with van der Waals surface area (Å²) < 4.78 is 5.43. The lowest BCUT2D eigenvalue weighted by atomic mass is 9.90. The molecule has 0 spiro atoms. The molecule has 0 bridgehead atoms. The summed E-state index contributed by atoms with van der Waals surface area (Å²) in [4.78, 5) is 0. The van der Waals surface area contributed by atoms with Crippen molar-refractivity contribution in [1.82, 2.24) is 0 Å². The highest BCUT2D eigenvalue weighted by Crippen LogP contribution is 2.39. The first-order chi connectivity index (χ1) is 4.05. The molecule has 0 amide bonds. The van der Waals surface area contributed by atoms with Gasteiger partial charge >= 0.3 is 0 Å². The van der Waals surface area contributed by atoms with E-state index < -0.39 is 0 Å². The van der Waals surface area contributed by atoms with E-state index in [1.54, 1.807) is 0 Å². The predicted molar refractivity (Wildman–Crippen MR) is 38.4 cm³/mol. The van der Waals surface area contributed by atoms with E-state index in [-0.39, 0.29) is 0 Å². The van der Waals surface area contributed by atoms with Gasteiger partial charge in [0.05, 0.1) is 12.2 Å². The topological polar surface area (TPSA) is 12.5 Å². The molecule has 1 aliphatic rings. The fraction of sp³-hybridized carbons (Fsp3) is 1.00. The van der Waals surface area contributed by atoms with E-state index in [1.807, 2.05) is 0 Å². The molecule has 0 aromatic carbocycles. The molecule has 0 saturated carbocycles. The van der Waals surface area contributed by atoms with Crippen molar-refractivity contribution in [3.8, 4) is 0 Å². The van der Waals surface area contributed by atoms with Crippen LogP contribution in [0.15, 0.2) is 0 Å². The minimum Gasteiger partial charge on any atom is -0.369 e. The van der Waals surface area contributed by atoms with Crippen molar-refractivity contribution in [2.75, 3.05) is 0 Å². The third-order valence-electron chi connectivity index (χ3n) is 1.84. The van der Waals surface area contributed by atoms with Crippen LogP contribution in [-0.4, -0.2) is 12.2 Å². The average molecular weight is 128 g/mol. The predicted octanol–water partition coefficient (Wildman–Crippen LogP) is 2.21. The van der Waals surface area contributed by atoms with Gasteiger partial charge in [-0.1, -0.05) is 27.7 Å². The zero-order valence-electron chi connectivity index (χ0n) is 6.77. The molecule has 2 unspecified atom stereocenters.